The maximum Gasteiger partial charge on any atom is 0.192 e. The molecule has 4 rings (SSSR count). The van der Waals surface area contributed by atoms with E-state index in [1.165, 1.54) is 36.0 Å². The third kappa shape index (κ3) is 3.99. The van der Waals surface area contributed by atoms with E-state index >= 15 is 0 Å². The lowest BCUT2D eigenvalue weighted by Crippen LogP contribution is -2.05. The molecule has 8 heteroatoms. The lowest BCUT2D eigenvalue weighted by Gasteiger charge is -2.07. The minimum atomic E-state index is -0.371. The Morgan fingerprint density at radius 3 is 2.69 bits per heavy atom. The maximum atomic E-state index is 13.1. The van der Waals surface area contributed by atoms with Crippen LogP contribution in [0, 0.1) is 5.82 Å². The average Bonchev–Trinajstić information content (AvgIpc) is 3.28. The molecular formula is C21H15ClFN3OS2. The van der Waals surface area contributed by atoms with E-state index in [1.807, 2.05) is 28.8 Å². The topological polar surface area (TPSA) is 47.8 Å². The first kappa shape index (κ1) is 19.8. The molecule has 0 fully saturated rings. The zero-order chi connectivity index (χ0) is 20.4. The van der Waals surface area contributed by atoms with E-state index in [4.69, 9.17) is 11.6 Å². The summed E-state index contributed by atoms with van der Waals surface area (Å²) < 4.78 is 16.0. The molecule has 0 aliphatic carbocycles. The minimum absolute atomic E-state index is 0.107. The molecule has 0 aliphatic heterocycles. The second kappa shape index (κ2) is 8.49. The highest BCUT2D eigenvalue weighted by Gasteiger charge is 2.20. The molecule has 29 heavy (non-hydrogen) atoms. The van der Waals surface area contributed by atoms with Gasteiger partial charge in [0, 0.05) is 22.2 Å². The first-order chi connectivity index (χ1) is 14.1. The number of thiophene rings is 1. The lowest BCUT2D eigenvalue weighted by atomic mass is 10.1. The summed E-state index contributed by atoms with van der Waals surface area (Å²) in [5.74, 6) is 0.336. The molecule has 0 atom stereocenters. The fourth-order valence-corrected chi connectivity index (χ4v) is 5.22. The molecule has 4 nitrogen and oxygen atoms in total. The highest BCUT2D eigenvalue weighted by Crippen LogP contribution is 2.41. The number of thioether (sulfide) groups is 1. The van der Waals surface area contributed by atoms with Crippen LogP contribution in [0.4, 0.5) is 4.39 Å². The van der Waals surface area contributed by atoms with Crippen LogP contribution in [0.5, 0.6) is 0 Å². The monoisotopic (exact) mass is 443 g/mol. The van der Waals surface area contributed by atoms with E-state index in [1.54, 1.807) is 17.4 Å². The molecule has 0 radical (unpaired) electrons. The molecule has 146 valence electrons. The number of hydrogen-bond donors (Lipinski definition) is 0. The van der Waals surface area contributed by atoms with Crippen molar-refractivity contribution in [1.82, 2.24) is 14.8 Å². The maximum absolute atomic E-state index is 13.1. The number of benzene rings is 2. The Hall–Kier alpha value is -2.48. The summed E-state index contributed by atoms with van der Waals surface area (Å²) in [4.78, 5) is 13.2. The second-order valence-electron chi connectivity index (χ2n) is 6.17. The van der Waals surface area contributed by atoms with Crippen LogP contribution in [0.1, 0.15) is 10.4 Å². The van der Waals surface area contributed by atoms with E-state index in [0.717, 1.165) is 15.0 Å². The highest BCUT2D eigenvalue weighted by molar-refractivity contribution is 7.99. The van der Waals surface area contributed by atoms with Crippen LogP contribution in [0.2, 0.25) is 5.02 Å². The van der Waals surface area contributed by atoms with Gasteiger partial charge >= 0.3 is 0 Å². The van der Waals surface area contributed by atoms with Gasteiger partial charge in [0.1, 0.15) is 5.82 Å². The summed E-state index contributed by atoms with van der Waals surface area (Å²) in [7, 11) is 0. The molecule has 2 aromatic carbocycles. The van der Waals surface area contributed by atoms with Gasteiger partial charge in [-0.1, -0.05) is 47.6 Å². The van der Waals surface area contributed by atoms with Crippen LogP contribution in [-0.2, 0) is 6.54 Å². The zero-order valence-electron chi connectivity index (χ0n) is 15.1. The van der Waals surface area contributed by atoms with E-state index in [-0.39, 0.29) is 17.4 Å². The number of hydrogen-bond acceptors (Lipinski definition) is 5. The summed E-state index contributed by atoms with van der Waals surface area (Å²) in [5.41, 5.74) is 0.460. The van der Waals surface area contributed by atoms with Crippen molar-refractivity contribution < 1.29 is 9.18 Å². The third-order valence-electron chi connectivity index (χ3n) is 4.27. The molecule has 0 N–H and O–H groups in total. The van der Waals surface area contributed by atoms with Crippen molar-refractivity contribution in [1.29, 1.82) is 0 Å². The molecule has 0 amide bonds. The SMILES string of the molecule is C=CCn1c(SCC(=O)c2ccc(F)cc2)nnc1-c1sc2ccccc2c1Cl. The highest BCUT2D eigenvalue weighted by atomic mass is 35.5. The first-order valence-corrected chi connectivity index (χ1v) is 10.9. The smallest absolute Gasteiger partial charge is 0.192 e. The predicted octanol–water partition coefficient (Wildman–Crippen LogP) is 6.11. The van der Waals surface area contributed by atoms with Crippen molar-refractivity contribution in [2.75, 3.05) is 5.75 Å². The van der Waals surface area contributed by atoms with Crippen molar-refractivity contribution in [3.63, 3.8) is 0 Å². The molecule has 2 heterocycles. The molecule has 0 spiro atoms. The van der Waals surface area contributed by atoms with E-state index < -0.39 is 0 Å². The quantitative estimate of drug-likeness (QED) is 0.196. The Labute approximate surface area is 180 Å². The number of rotatable bonds is 7. The van der Waals surface area contributed by atoms with Crippen LogP contribution in [0.15, 0.2) is 66.3 Å². The standard InChI is InChI=1S/C21H15ClFN3OS2/c1-2-11-26-20(19-18(22)15-5-3-4-6-17(15)29-19)24-25-21(26)28-12-16(27)13-7-9-14(23)10-8-13/h2-10H,1,11-12H2. The van der Waals surface area contributed by atoms with Crippen molar-refractivity contribution in [2.24, 2.45) is 0 Å². The number of Topliss-reactive ketones (excluding diaryl/α,β-unsaturated/α-hetero) is 1. The van der Waals surface area contributed by atoms with Crippen LogP contribution in [0.25, 0.3) is 20.8 Å². The van der Waals surface area contributed by atoms with Gasteiger partial charge in [0.25, 0.3) is 0 Å². The molecule has 0 saturated carbocycles. The number of ketones is 1. The Morgan fingerprint density at radius 1 is 1.21 bits per heavy atom. The summed E-state index contributed by atoms with van der Waals surface area (Å²) >= 11 is 9.44. The van der Waals surface area contributed by atoms with Crippen LogP contribution >= 0.6 is 34.7 Å². The van der Waals surface area contributed by atoms with Gasteiger partial charge in [0.2, 0.25) is 0 Å². The Bertz CT molecular complexity index is 1200. The number of aromatic nitrogens is 3. The van der Waals surface area contributed by atoms with E-state index in [0.29, 0.717) is 28.1 Å². The number of nitrogens with zero attached hydrogens (tertiary/aromatic N) is 3. The zero-order valence-corrected chi connectivity index (χ0v) is 17.5. The fraction of sp³-hybridized carbons (Fsp3) is 0.0952. The van der Waals surface area contributed by atoms with Crippen LogP contribution in [-0.4, -0.2) is 26.3 Å². The predicted molar refractivity (Wildman–Crippen MR) is 118 cm³/mol. The largest absolute Gasteiger partial charge is 0.297 e. The van der Waals surface area contributed by atoms with Gasteiger partial charge in [0.15, 0.2) is 16.8 Å². The van der Waals surface area contributed by atoms with Gasteiger partial charge in [-0.3, -0.25) is 9.36 Å². The van der Waals surface area contributed by atoms with Crippen molar-refractivity contribution in [3.8, 4) is 10.7 Å². The molecule has 2 aromatic heterocycles. The second-order valence-corrected chi connectivity index (χ2v) is 8.54. The average molecular weight is 444 g/mol. The molecule has 0 saturated heterocycles. The van der Waals surface area contributed by atoms with Crippen LogP contribution in [0.3, 0.4) is 0 Å². The third-order valence-corrected chi connectivity index (χ3v) is 6.90. The Morgan fingerprint density at radius 2 is 1.97 bits per heavy atom. The first-order valence-electron chi connectivity index (χ1n) is 8.71. The molecule has 0 aliphatic rings. The number of carbonyl (C=O) groups excluding carboxylic acids is 1. The number of allylic oxidation sites excluding steroid dienone is 1. The summed E-state index contributed by atoms with van der Waals surface area (Å²) in [6.07, 6.45) is 1.75. The lowest BCUT2D eigenvalue weighted by molar-refractivity contribution is 0.102. The van der Waals surface area contributed by atoms with Gasteiger partial charge in [-0.05, 0) is 30.3 Å². The summed E-state index contributed by atoms with van der Waals surface area (Å²) in [6.45, 7) is 4.30. The fourth-order valence-electron chi connectivity index (χ4n) is 2.86. The summed E-state index contributed by atoms with van der Waals surface area (Å²) in [6, 6.07) is 13.4. The Kier molecular flexibility index (Phi) is 5.80. The molecule has 0 unspecified atom stereocenters. The molecular weight excluding hydrogens is 429 g/mol. The van der Waals surface area contributed by atoms with E-state index in [2.05, 4.69) is 16.8 Å². The normalized spacial score (nSPS) is 11.1. The van der Waals surface area contributed by atoms with Gasteiger partial charge in [-0.25, -0.2) is 4.39 Å². The van der Waals surface area contributed by atoms with E-state index in [9.17, 15) is 9.18 Å². The molecule has 4 aromatic rings. The number of halogens is 2. The van der Waals surface area contributed by atoms with Gasteiger partial charge in [-0.2, -0.15) is 0 Å². The number of fused-ring (bicyclic) bond motifs is 1. The van der Waals surface area contributed by atoms with Crippen molar-refractivity contribution in [2.45, 2.75) is 11.7 Å². The summed E-state index contributed by atoms with van der Waals surface area (Å²) in [5, 5.41) is 10.8. The van der Waals surface area contributed by atoms with Crippen molar-refractivity contribution >= 4 is 50.6 Å². The van der Waals surface area contributed by atoms with Crippen molar-refractivity contribution in [3.05, 3.63) is 77.6 Å². The minimum Gasteiger partial charge on any atom is -0.297 e. The van der Waals surface area contributed by atoms with Gasteiger partial charge < -0.3 is 0 Å². The number of carbonyl (C=O) groups is 1. The Balaban J connectivity index is 1.62. The van der Waals surface area contributed by atoms with Crippen LogP contribution < -0.4 is 0 Å². The van der Waals surface area contributed by atoms with Gasteiger partial charge in [0.05, 0.1) is 15.7 Å². The molecule has 0 bridgehead atoms. The van der Waals surface area contributed by atoms with Gasteiger partial charge in [-0.15, -0.1) is 28.1 Å².